The third kappa shape index (κ3) is 3.11. The van der Waals surface area contributed by atoms with Crippen molar-refractivity contribution in [2.75, 3.05) is 13.2 Å². The van der Waals surface area contributed by atoms with Gasteiger partial charge in [0.1, 0.15) is 0 Å². The van der Waals surface area contributed by atoms with E-state index in [2.05, 4.69) is 0 Å². The van der Waals surface area contributed by atoms with Gasteiger partial charge in [0.05, 0.1) is 0 Å². The Morgan fingerprint density at radius 2 is 2.00 bits per heavy atom. The van der Waals surface area contributed by atoms with Gasteiger partial charge in [-0.3, -0.25) is 0 Å². The molecule has 72 valence electrons. The number of hydrogen-bond donors (Lipinski definition) is 1. The predicted octanol–water partition coefficient (Wildman–Crippen LogP) is 2.07. The summed E-state index contributed by atoms with van der Waals surface area (Å²) in [6, 6.07) is 0. The minimum Gasteiger partial charge on any atom is -0.382 e. The quantitative estimate of drug-likeness (QED) is 0.643. The first-order valence-electron chi connectivity index (χ1n) is 5.13. The molecule has 2 heteroatoms. The first kappa shape index (κ1) is 10.0. The minimum absolute atomic E-state index is 0.164. The Kier molecular flexibility index (Phi) is 4.02. The van der Waals surface area contributed by atoms with Gasteiger partial charge in [0.15, 0.2) is 0 Å². The summed E-state index contributed by atoms with van der Waals surface area (Å²) in [5.74, 6) is 0. The molecule has 0 aliphatic heterocycles. The van der Waals surface area contributed by atoms with Crippen molar-refractivity contribution in [1.82, 2.24) is 0 Å². The molecule has 0 spiro atoms. The lowest BCUT2D eigenvalue weighted by atomic mass is 9.93. The maximum atomic E-state index is 6.19. The molecule has 1 rings (SSSR count). The van der Waals surface area contributed by atoms with E-state index in [1.54, 1.807) is 0 Å². The third-order valence-corrected chi connectivity index (χ3v) is 2.77. The Morgan fingerprint density at radius 3 is 2.58 bits per heavy atom. The highest BCUT2D eigenvalue weighted by molar-refractivity contribution is 4.88. The monoisotopic (exact) mass is 171 g/mol. The van der Waals surface area contributed by atoms with Gasteiger partial charge in [-0.05, 0) is 32.6 Å². The van der Waals surface area contributed by atoms with Crippen molar-refractivity contribution >= 4 is 0 Å². The van der Waals surface area contributed by atoms with Crippen LogP contribution in [-0.4, -0.2) is 18.8 Å². The van der Waals surface area contributed by atoms with Crippen LogP contribution in [0, 0.1) is 0 Å². The second kappa shape index (κ2) is 4.83. The Bertz CT molecular complexity index is 119. The van der Waals surface area contributed by atoms with E-state index in [1.165, 1.54) is 25.7 Å². The van der Waals surface area contributed by atoms with E-state index >= 15 is 0 Å². The normalized spacial score (nSPS) is 21.5. The molecule has 0 amide bonds. The van der Waals surface area contributed by atoms with Gasteiger partial charge >= 0.3 is 0 Å². The summed E-state index contributed by atoms with van der Waals surface area (Å²) in [5, 5.41) is 0. The zero-order valence-corrected chi connectivity index (χ0v) is 8.14. The SMILES string of the molecule is CCOCCCC1(N)CCCC1. The standard InChI is InChI=1S/C10H21NO/c1-2-12-9-5-8-10(11)6-3-4-7-10/h2-9,11H2,1H3. The van der Waals surface area contributed by atoms with Crippen LogP contribution in [0.3, 0.4) is 0 Å². The smallest absolute Gasteiger partial charge is 0.0466 e. The van der Waals surface area contributed by atoms with Crippen molar-refractivity contribution in [2.45, 2.75) is 51.0 Å². The third-order valence-electron chi connectivity index (χ3n) is 2.77. The molecular formula is C10H21NO. The summed E-state index contributed by atoms with van der Waals surface area (Å²) in [4.78, 5) is 0. The van der Waals surface area contributed by atoms with Gasteiger partial charge in [0, 0.05) is 18.8 Å². The van der Waals surface area contributed by atoms with Crippen LogP contribution in [-0.2, 0) is 4.74 Å². The van der Waals surface area contributed by atoms with Crippen LogP contribution in [0.25, 0.3) is 0 Å². The van der Waals surface area contributed by atoms with Crippen molar-refractivity contribution in [3.05, 3.63) is 0 Å². The highest BCUT2D eigenvalue weighted by atomic mass is 16.5. The molecule has 1 aliphatic rings. The number of ether oxygens (including phenoxy) is 1. The highest BCUT2D eigenvalue weighted by Crippen LogP contribution is 2.30. The van der Waals surface area contributed by atoms with Crippen molar-refractivity contribution in [3.63, 3.8) is 0 Å². The van der Waals surface area contributed by atoms with Gasteiger partial charge in [0.2, 0.25) is 0 Å². The zero-order chi connectivity index (χ0) is 8.86. The maximum absolute atomic E-state index is 6.19. The fraction of sp³-hybridized carbons (Fsp3) is 1.00. The molecular weight excluding hydrogens is 150 g/mol. The van der Waals surface area contributed by atoms with E-state index in [0.29, 0.717) is 0 Å². The molecule has 0 heterocycles. The van der Waals surface area contributed by atoms with Crippen molar-refractivity contribution in [2.24, 2.45) is 5.73 Å². The average molecular weight is 171 g/mol. The summed E-state index contributed by atoms with van der Waals surface area (Å²) in [7, 11) is 0. The fourth-order valence-corrected chi connectivity index (χ4v) is 2.00. The Hall–Kier alpha value is -0.0800. The molecule has 2 N–H and O–H groups in total. The van der Waals surface area contributed by atoms with Crippen molar-refractivity contribution in [1.29, 1.82) is 0 Å². The van der Waals surface area contributed by atoms with Crippen LogP contribution in [0.5, 0.6) is 0 Å². The predicted molar refractivity (Wildman–Crippen MR) is 51.1 cm³/mol. The van der Waals surface area contributed by atoms with E-state index in [-0.39, 0.29) is 5.54 Å². The van der Waals surface area contributed by atoms with Gasteiger partial charge in [-0.2, -0.15) is 0 Å². The molecule has 1 fully saturated rings. The van der Waals surface area contributed by atoms with Crippen LogP contribution in [0.2, 0.25) is 0 Å². The van der Waals surface area contributed by atoms with E-state index in [9.17, 15) is 0 Å². The van der Waals surface area contributed by atoms with Gasteiger partial charge in [-0.25, -0.2) is 0 Å². The molecule has 1 aliphatic carbocycles. The molecule has 0 atom stereocenters. The van der Waals surface area contributed by atoms with Gasteiger partial charge < -0.3 is 10.5 Å². The van der Waals surface area contributed by atoms with Gasteiger partial charge in [0.25, 0.3) is 0 Å². The van der Waals surface area contributed by atoms with Crippen LogP contribution in [0.15, 0.2) is 0 Å². The highest BCUT2D eigenvalue weighted by Gasteiger charge is 2.28. The van der Waals surface area contributed by atoms with Crippen LogP contribution in [0.4, 0.5) is 0 Å². The minimum atomic E-state index is 0.164. The Balaban J connectivity index is 2.05. The summed E-state index contributed by atoms with van der Waals surface area (Å²) in [5.41, 5.74) is 6.35. The van der Waals surface area contributed by atoms with E-state index in [1.807, 2.05) is 6.92 Å². The summed E-state index contributed by atoms with van der Waals surface area (Å²) >= 11 is 0. The lowest BCUT2D eigenvalue weighted by Crippen LogP contribution is -2.36. The first-order chi connectivity index (χ1) is 5.77. The fourth-order valence-electron chi connectivity index (χ4n) is 2.00. The van der Waals surface area contributed by atoms with E-state index in [4.69, 9.17) is 10.5 Å². The van der Waals surface area contributed by atoms with Crippen molar-refractivity contribution < 1.29 is 4.74 Å². The molecule has 0 aromatic carbocycles. The van der Waals surface area contributed by atoms with E-state index < -0.39 is 0 Å². The molecule has 0 aromatic heterocycles. The summed E-state index contributed by atoms with van der Waals surface area (Å²) in [6.07, 6.45) is 7.37. The lowest BCUT2D eigenvalue weighted by molar-refractivity contribution is 0.137. The largest absolute Gasteiger partial charge is 0.382 e. The second-order valence-electron chi connectivity index (χ2n) is 3.87. The summed E-state index contributed by atoms with van der Waals surface area (Å²) in [6.45, 7) is 3.75. The molecule has 0 radical (unpaired) electrons. The number of rotatable bonds is 5. The van der Waals surface area contributed by atoms with Crippen LogP contribution in [0.1, 0.15) is 45.4 Å². The maximum Gasteiger partial charge on any atom is 0.0466 e. The molecule has 1 saturated carbocycles. The van der Waals surface area contributed by atoms with Crippen molar-refractivity contribution in [3.8, 4) is 0 Å². The lowest BCUT2D eigenvalue weighted by Gasteiger charge is -2.22. The van der Waals surface area contributed by atoms with E-state index in [0.717, 1.165) is 26.1 Å². The summed E-state index contributed by atoms with van der Waals surface area (Å²) < 4.78 is 5.28. The van der Waals surface area contributed by atoms with Gasteiger partial charge in [-0.15, -0.1) is 0 Å². The second-order valence-corrected chi connectivity index (χ2v) is 3.87. The van der Waals surface area contributed by atoms with Crippen LogP contribution < -0.4 is 5.73 Å². The number of hydrogen-bond acceptors (Lipinski definition) is 2. The Labute approximate surface area is 75.5 Å². The topological polar surface area (TPSA) is 35.2 Å². The molecule has 12 heavy (non-hydrogen) atoms. The average Bonchev–Trinajstić information content (AvgIpc) is 2.47. The zero-order valence-electron chi connectivity index (χ0n) is 8.14. The molecule has 0 saturated heterocycles. The molecule has 0 aromatic rings. The number of nitrogens with two attached hydrogens (primary N) is 1. The van der Waals surface area contributed by atoms with Crippen LogP contribution >= 0.6 is 0 Å². The van der Waals surface area contributed by atoms with Gasteiger partial charge in [-0.1, -0.05) is 12.8 Å². The molecule has 0 bridgehead atoms. The molecule has 0 unspecified atom stereocenters. The first-order valence-corrected chi connectivity index (χ1v) is 5.13. The molecule has 2 nitrogen and oxygen atoms in total. The Morgan fingerprint density at radius 1 is 1.33 bits per heavy atom.